The third kappa shape index (κ3) is 4.43. The highest BCUT2D eigenvalue weighted by molar-refractivity contribution is 5.36. The van der Waals surface area contributed by atoms with Gasteiger partial charge in [-0.3, -0.25) is 11.3 Å². The second-order valence-corrected chi connectivity index (χ2v) is 6.07. The van der Waals surface area contributed by atoms with E-state index in [1.165, 1.54) is 0 Å². The van der Waals surface area contributed by atoms with Crippen LogP contribution in [0.4, 0.5) is 0 Å². The number of nitrogens with one attached hydrogen (secondary N) is 1. The van der Waals surface area contributed by atoms with Crippen LogP contribution in [0.3, 0.4) is 0 Å². The van der Waals surface area contributed by atoms with Crippen molar-refractivity contribution in [3.63, 3.8) is 0 Å². The van der Waals surface area contributed by atoms with Gasteiger partial charge in [-0.05, 0) is 52.0 Å². The van der Waals surface area contributed by atoms with Gasteiger partial charge in [-0.1, -0.05) is 18.2 Å². The Balaban J connectivity index is 1.98. The van der Waals surface area contributed by atoms with Gasteiger partial charge in [0.25, 0.3) is 0 Å². The van der Waals surface area contributed by atoms with Gasteiger partial charge in [-0.2, -0.15) is 0 Å². The average molecular weight is 292 g/mol. The van der Waals surface area contributed by atoms with Gasteiger partial charge in [0.05, 0.1) is 12.2 Å². The van der Waals surface area contributed by atoms with Gasteiger partial charge < -0.3 is 9.47 Å². The lowest BCUT2D eigenvalue weighted by Gasteiger charge is -2.37. The van der Waals surface area contributed by atoms with E-state index < -0.39 is 0 Å². The molecule has 2 rings (SSSR count). The molecule has 1 saturated carbocycles. The molecule has 1 aliphatic carbocycles. The van der Waals surface area contributed by atoms with Gasteiger partial charge >= 0.3 is 0 Å². The van der Waals surface area contributed by atoms with Gasteiger partial charge in [-0.25, -0.2) is 0 Å². The first-order valence-electron chi connectivity index (χ1n) is 7.97. The number of hydrogen-bond donors (Lipinski definition) is 2. The minimum atomic E-state index is 0.132. The van der Waals surface area contributed by atoms with Crippen molar-refractivity contribution in [3.05, 3.63) is 29.8 Å². The van der Waals surface area contributed by atoms with Crippen LogP contribution < -0.4 is 16.0 Å². The zero-order valence-corrected chi connectivity index (χ0v) is 13.3. The molecule has 0 radical (unpaired) electrons. The molecule has 4 nitrogen and oxygen atoms in total. The predicted molar refractivity (Wildman–Crippen MR) is 85.0 cm³/mol. The molecule has 118 valence electrons. The standard InChI is InChI=1S/C17H28N2O2/c1-4-20-14-9-13(10-14)11-16(19-18)15-7-5-6-8-17(15)21-12(2)3/h5-8,12-14,16,19H,4,9-11,18H2,1-3H3. The van der Waals surface area contributed by atoms with E-state index in [1.54, 1.807) is 0 Å². The molecule has 3 N–H and O–H groups in total. The van der Waals surface area contributed by atoms with Crippen molar-refractivity contribution in [2.45, 2.75) is 58.3 Å². The Morgan fingerprint density at radius 3 is 2.62 bits per heavy atom. The smallest absolute Gasteiger partial charge is 0.124 e. The zero-order valence-electron chi connectivity index (χ0n) is 13.3. The highest BCUT2D eigenvalue weighted by atomic mass is 16.5. The molecule has 0 bridgehead atoms. The van der Waals surface area contributed by atoms with Gasteiger partial charge in [0.15, 0.2) is 0 Å². The fourth-order valence-corrected chi connectivity index (χ4v) is 2.99. The van der Waals surface area contributed by atoms with Crippen molar-refractivity contribution in [1.29, 1.82) is 0 Å². The molecule has 0 spiro atoms. The van der Waals surface area contributed by atoms with Crippen LogP contribution in [0, 0.1) is 5.92 Å². The number of nitrogens with two attached hydrogens (primary N) is 1. The second-order valence-electron chi connectivity index (χ2n) is 6.07. The Hall–Kier alpha value is -1.10. The fraction of sp³-hybridized carbons (Fsp3) is 0.647. The molecular weight excluding hydrogens is 264 g/mol. The molecule has 21 heavy (non-hydrogen) atoms. The van der Waals surface area contributed by atoms with E-state index in [2.05, 4.69) is 18.4 Å². The lowest BCUT2D eigenvalue weighted by atomic mass is 9.77. The molecule has 1 atom stereocenters. The Labute approximate surface area is 128 Å². The van der Waals surface area contributed by atoms with Gasteiger partial charge in [0, 0.05) is 18.2 Å². The minimum absolute atomic E-state index is 0.132. The summed E-state index contributed by atoms with van der Waals surface area (Å²) in [7, 11) is 0. The highest BCUT2D eigenvalue weighted by Gasteiger charge is 2.32. The summed E-state index contributed by atoms with van der Waals surface area (Å²) in [5.74, 6) is 7.39. The normalized spacial score (nSPS) is 22.9. The Morgan fingerprint density at radius 2 is 2.00 bits per heavy atom. The molecule has 1 fully saturated rings. The summed E-state index contributed by atoms with van der Waals surface area (Å²) >= 11 is 0. The van der Waals surface area contributed by atoms with Crippen molar-refractivity contribution in [2.75, 3.05) is 6.61 Å². The number of para-hydroxylation sites is 1. The van der Waals surface area contributed by atoms with E-state index in [-0.39, 0.29) is 12.1 Å². The van der Waals surface area contributed by atoms with Crippen molar-refractivity contribution in [3.8, 4) is 5.75 Å². The minimum Gasteiger partial charge on any atom is -0.491 e. The first-order valence-corrected chi connectivity index (χ1v) is 7.97. The first kappa shape index (κ1) is 16.3. The fourth-order valence-electron chi connectivity index (χ4n) is 2.99. The summed E-state index contributed by atoms with van der Waals surface area (Å²) in [6.45, 7) is 6.94. The van der Waals surface area contributed by atoms with E-state index in [9.17, 15) is 0 Å². The van der Waals surface area contributed by atoms with Crippen LogP contribution in [0.5, 0.6) is 5.75 Å². The molecule has 1 aromatic carbocycles. The van der Waals surface area contributed by atoms with Crippen molar-refractivity contribution >= 4 is 0 Å². The van der Waals surface area contributed by atoms with Crippen LogP contribution in [-0.4, -0.2) is 18.8 Å². The summed E-state index contributed by atoms with van der Waals surface area (Å²) < 4.78 is 11.5. The van der Waals surface area contributed by atoms with Crippen molar-refractivity contribution < 1.29 is 9.47 Å². The number of hydrazine groups is 1. The molecule has 0 aliphatic heterocycles. The second kappa shape index (κ2) is 7.78. The molecule has 0 aromatic heterocycles. The first-order chi connectivity index (χ1) is 10.1. The molecule has 4 heteroatoms. The summed E-state index contributed by atoms with van der Waals surface area (Å²) in [6.07, 6.45) is 3.91. The Bertz CT molecular complexity index is 431. The zero-order chi connectivity index (χ0) is 15.2. The topological polar surface area (TPSA) is 56.5 Å². The monoisotopic (exact) mass is 292 g/mol. The molecule has 0 saturated heterocycles. The SMILES string of the molecule is CCOC1CC(CC(NN)c2ccccc2OC(C)C)C1. The van der Waals surface area contributed by atoms with E-state index in [1.807, 2.05) is 32.0 Å². The molecule has 1 aliphatic rings. The van der Waals surface area contributed by atoms with Gasteiger partial charge in [0.2, 0.25) is 0 Å². The highest BCUT2D eigenvalue weighted by Crippen LogP contribution is 2.38. The average Bonchev–Trinajstić information content (AvgIpc) is 2.42. The van der Waals surface area contributed by atoms with Crippen LogP contribution in [-0.2, 0) is 4.74 Å². The predicted octanol–water partition coefficient (Wildman–Crippen LogP) is 3.18. The van der Waals surface area contributed by atoms with Crippen LogP contribution in [0.15, 0.2) is 24.3 Å². The largest absolute Gasteiger partial charge is 0.491 e. The third-order valence-electron chi connectivity index (χ3n) is 4.02. The molecule has 1 aromatic rings. The van der Waals surface area contributed by atoms with Crippen LogP contribution in [0.2, 0.25) is 0 Å². The summed E-state index contributed by atoms with van der Waals surface area (Å²) in [6, 6.07) is 8.29. The van der Waals surface area contributed by atoms with E-state index in [4.69, 9.17) is 15.3 Å². The maximum Gasteiger partial charge on any atom is 0.124 e. The Morgan fingerprint density at radius 1 is 1.29 bits per heavy atom. The summed E-state index contributed by atoms with van der Waals surface area (Å²) in [5.41, 5.74) is 4.10. The molecular formula is C17H28N2O2. The lowest BCUT2D eigenvalue weighted by molar-refractivity contribution is -0.0292. The molecule has 0 heterocycles. The van der Waals surface area contributed by atoms with Crippen LogP contribution in [0.1, 0.15) is 51.6 Å². The van der Waals surface area contributed by atoms with Crippen LogP contribution >= 0.6 is 0 Å². The maximum atomic E-state index is 5.90. The molecule has 1 unspecified atom stereocenters. The summed E-state index contributed by atoms with van der Waals surface area (Å²) in [4.78, 5) is 0. The van der Waals surface area contributed by atoms with Crippen LogP contribution in [0.25, 0.3) is 0 Å². The van der Waals surface area contributed by atoms with Crippen molar-refractivity contribution in [2.24, 2.45) is 11.8 Å². The Kier molecular flexibility index (Phi) is 6.03. The van der Waals surface area contributed by atoms with E-state index in [0.29, 0.717) is 12.0 Å². The van der Waals surface area contributed by atoms with Gasteiger partial charge in [0.1, 0.15) is 5.75 Å². The third-order valence-corrected chi connectivity index (χ3v) is 4.02. The van der Waals surface area contributed by atoms with E-state index >= 15 is 0 Å². The van der Waals surface area contributed by atoms with E-state index in [0.717, 1.165) is 37.2 Å². The number of rotatable bonds is 8. The lowest BCUT2D eigenvalue weighted by Crippen LogP contribution is -2.36. The number of hydrogen-bond acceptors (Lipinski definition) is 4. The summed E-state index contributed by atoms with van der Waals surface area (Å²) in [5, 5.41) is 0. The van der Waals surface area contributed by atoms with Gasteiger partial charge in [-0.15, -0.1) is 0 Å². The maximum absolute atomic E-state index is 5.90. The number of benzene rings is 1. The quantitative estimate of drug-likeness (QED) is 0.571. The molecule has 0 amide bonds. The van der Waals surface area contributed by atoms with Crippen molar-refractivity contribution in [1.82, 2.24) is 5.43 Å². The number of ether oxygens (including phenoxy) is 2.